The fourth-order valence-electron chi connectivity index (χ4n) is 3.89. The average molecular weight is 306 g/mol. The molecule has 2 aliphatic carbocycles. The highest BCUT2D eigenvalue weighted by molar-refractivity contribution is 5.79. The molecule has 0 bridgehead atoms. The van der Waals surface area contributed by atoms with Gasteiger partial charge in [-0.25, -0.2) is 0 Å². The lowest BCUT2D eigenvalue weighted by Crippen LogP contribution is -2.69. The summed E-state index contributed by atoms with van der Waals surface area (Å²) in [5.41, 5.74) is 6.02. The highest BCUT2D eigenvalue weighted by Crippen LogP contribution is 2.41. The van der Waals surface area contributed by atoms with Gasteiger partial charge in [-0.2, -0.15) is 13.2 Å². The predicted octanol–water partition coefficient (Wildman–Crippen LogP) is 1.59. The highest BCUT2D eigenvalue weighted by atomic mass is 19.4. The summed E-state index contributed by atoms with van der Waals surface area (Å²) in [6.45, 7) is 0.673. The maximum Gasteiger partial charge on any atom is 0.391 e. The van der Waals surface area contributed by atoms with E-state index in [4.69, 9.17) is 10.5 Å². The Labute approximate surface area is 121 Å². The maximum absolute atomic E-state index is 12.6. The van der Waals surface area contributed by atoms with Crippen molar-refractivity contribution < 1.29 is 22.7 Å². The Kier molecular flexibility index (Phi) is 3.90. The smallest absolute Gasteiger partial charge is 0.376 e. The molecule has 2 saturated carbocycles. The lowest BCUT2D eigenvalue weighted by molar-refractivity contribution is -0.184. The lowest BCUT2D eigenvalue weighted by atomic mass is 9.71. The van der Waals surface area contributed by atoms with Crippen LogP contribution in [0.4, 0.5) is 13.2 Å². The van der Waals surface area contributed by atoms with E-state index in [1.165, 1.54) is 0 Å². The number of alkyl halides is 3. The molecule has 120 valence electrons. The van der Waals surface area contributed by atoms with Crippen LogP contribution < -0.4 is 11.1 Å². The van der Waals surface area contributed by atoms with E-state index >= 15 is 0 Å². The molecule has 3 aliphatic rings. The molecule has 3 fully saturated rings. The number of amides is 1. The molecule has 3 rings (SSSR count). The van der Waals surface area contributed by atoms with Crippen LogP contribution in [0.2, 0.25) is 0 Å². The summed E-state index contributed by atoms with van der Waals surface area (Å²) in [5.74, 6) is -1.42. The van der Waals surface area contributed by atoms with E-state index in [0.717, 1.165) is 6.42 Å². The van der Waals surface area contributed by atoms with Crippen molar-refractivity contribution >= 4 is 5.91 Å². The molecular formula is C14H21F3N2O2. The van der Waals surface area contributed by atoms with E-state index in [2.05, 4.69) is 5.32 Å². The Balaban J connectivity index is 1.49. The van der Waals surface area contributed by atoms with Gasteiger partial charge in [0.25, 0.3) is 0 Å². The number of hydrogen-bond acceptors (Lipinski definition) is 3. The van der Waals surface area contributed by atoms with Crippen molar-refractivity contribution in [2.24, 2.45) is 23.5 Å². The zero-order chi connectivity index (χ0) is 15.2. The SMILES string of the molecule is NC1C2CCOC2C1NC(=O)C1CCC(C(F)(F)F)CC1. The molecule has 1 amide bonds. The van der Waals surface area contributed by atoms with E-state index in [1.807, 2.05) is 0 Å². The van der Waals surface area contributed by atoms with Crippen molar-refractivity contribution in [3.8, 4) is 0 Å². The van der Waals surface area contributed by atoms with Crippen molar-refractivity contribution in [1.82, 2.24) is 5.32 Å². The van der Waals surface area contributed by atoms with Crippen molar-refractivity contribution in [3.63, 3.8) is 0 Å². The van der Waals surface area contributed by atoms with Gasteiger partial charge < -0.3 is 15.8 Å². The average Bonchev–Trinajstić information content (AvgIpc) is 2.88. The molecule has 4 nitrogen and oxygen atoms in total. The molecule has 7 heteroatoms. The van der Waals surface area contributed by atoms with Crippen LogP contribution in [-0.2, 0) is 9.53 Å². The van der Waals surface area contributed by atoms with Crippen LogP contribution in [0.1, 0.15) is 32.1 Å². The topological polar surface area (TPSA) is 64.3 Å². The Morgan fingerprint density at radius 3 is 2.43 bits per heavy atom. The van der Waals surface area contributed by atoms with Gasteiger partial charge in [0.15, 0.2) is 0 Å². The fourth-order valence-corrected chi connectivity index (χ4v) is 3.89. The third kappa shape index (κ3) is 2.77. The molecule has 1 saturated heterocycles. The van der Waals surface area contributed by atoms with Gasteiger partial charge >= 0.3 is 6.18 Å². The summed E-state index contributed by atoms with van der Waals surface area (Å²) < 4.78 is 43.4. The van der Waals surface area contributed by atoms with Crippen LogP contribution in [-0.4, -0.2) is 36.9 Å². The van der Waals surface area contributed by atoms with Crippen LogP contribution in [0.5, 0.6) is 0 Å². The van der Waals surface area contributed by atoms with Gasteiger partial charge in [0.1, 0.15) is 0 Å². The molecular weight excluding hydrogens is 285 g/mol. The quantitative estimate of drug-likeness (QED) is 0.814. The van der Waals surface area contributed by atoms with Gasteiger partial charge in [0.2, 0.25) is 5.91 Å². The van der Waals surface area contributed by atoms with Crippen LogP contribution in [0.3, 0.4) is 0 Å². The molecule has 1 aliphatic heterocycles. The minimum atomic E-state index is -4.14. The second-order valence-electron chi connectivity index (χ2n) is 6.49. The van der Waals surface area contributed by atoms with E-state index in [9.17, 15) is 18.0 Å². The fraction of sp³-hybridized carbons (Fsp3) is 0.929. The molecule has 0 aromatic heterocycles. The van der Waals surface area contributed by atoms with E-state index in [-0.39, 0.29) is 42.9 Å². The molecule has 0 aromatic rings. The molecule has 0 spiro atoms. The predicted molar refractivity (Wildman–Crippen MR) is 69.3 cm³/mol. The van der Waals surface area contributed by atoms with Gasteiger partial charge in [-0.15, -0.1) is 0 Å². The molecule has 4 unspecified atom stereocenters. The van der Waals surface area contributed by atoms with Gasteiger partial charge in [-0.05, 0) is 32.1 Å². The van der Waals surface area contributed by atoms with Gasteiger partial charge in [-0.1, -0.05) is 0 Å². The second kappa shape index (κ2) is 5.43. The Morgan fingerprint density at radius 2 is 1.81 bits per heavy atom. The first-order valence-electron chi connectivity index (χ1n) is 7.62. The van der Waals surface area contributed by atoms with E-state index in [1.54, 1.807) is 0 Å². The number of fused-ring (bicyclic) bond motifs is 1. The molecule has 0 radical (unpaired) electrons. The molecule has 21 heavy (non-hydrogen) atoms. The molecule has 1 heterocycles. The number of nitrogens with one attached hydrogen (secondary N) is 1. The monoisotopic (exact) mass is 306 g/mol. The summed E-state index contributed by atoms with van der Waals surface area (Å²) in [7, 11) is 0. The van der Waals surface area contributed by atoms with Crippen molar-refractivity contribution in [3.05, 3.63) is 0 Å². The van der Waals surface area contributed by atoms with Crippen molar-refractivity contribution in [1.29, 1.82) is 0 Å². The molecule has 3 N–H and O–H groups in total. The number of nitrogens with two attached hydrogens (primary N) is 1. The van der Waals surface area contributed by atoms with Gasteiger partial charge in [0.05, 0.1) is 18.1 Å². The standard InChI is InChI=1S/C14H21F3N2O2/c15-14(16,17)8-3-1-7(2-4-8)13(20)19-11-10(18)9-5-6-21-12(9)11/h7-12H,1-6,18H2,(H,19,20). The zero-order valence-electron chi connectivity index (χ0n) is 11.7. The van der Waals surface area contributed by atoms with Crippen LogP contribution in [0, 0.1) is 17.8 Å². The minimum Gasteiger partial charge on any atom is -0.376 e. The normalized spacial score (nSPS) is 43.0. The first-order valence-corrected chi connectivity index (χ1v) is 7.62. The Hall–Kier alpha value is -0.820. The van der Waals surface area contributed by atoms with Crippen molar-refractivity contribution in [2.75, 3.05) is 6.61 Å². The van der Waals surface area contributed by atoms with E-state index in [0.29, 0.717) is 25.4 Å². The van der Waals surface area contributed by atoms with Crippen LogP contribution in [0.15, 0.2) is 0 Å². The molecule has 4 atom stereocenters. The largest absolute Gasteiger partial charge is 0.391 e. The number of carbonyl (C=O) groups is 1. The lowest BCUT2D eigenvalue weighted by Gasteiger charge is -2.46. The first kappa shape index (κ1) is 15.1. The Bertz CT molecular complexity index is 408. The molecule has 0 aromatic carbocycles. The minimum absolute atomic E-state index is 0.00420. The summed E-state index contributed by atoms with van der Waals surface area (Å²) in [5, 5.41) is 2.89. The maximum atomic E-state index is 12.6. The zero-order valence-corrected chi connectivity index (χ0v) is 11.7. The van der Waals surface area contributed by atoms with Crippen LogP contribution >= 0.6 is 0 Å². The van der Waals surface area contributed by atoms with Gasteiger partial charge in [0, 0.05) is 24.5 Å². The number of rotatable bonds is 2. The second-order valence-corrected chi connectivity index (χ2v) is 6.49. The van der Waals surface area contributed by atoms with E-state index < -0.39 is 12.1 Å². The van der Waals surface area contributed by atoms with Crippen LogP contribution in [0.25, 0.3) is 0 Å². The highest BCUT2D eigenvalue weighted by Gasteiger charge is 2.53. The summed E-state index contributed by atoms with van der Waals surface area (Å²) in [6, 6.07) is -0.265. The Morgan fingerprint density at radius 1 is 1.14 bits per heavy atom. The third-order valence-electron chi connectivity index (χ3n) is 5.32. The van der Waals surface area contributed by atoms with Crippen molar-refractivity contribution in [2.45, 2.75) is 56.5 Å². The summed E-state index contributed by atoms with van der Waals surface area (Å²) in [4.78, 5) is 12.2. The number of carbonyl (C=O) groups excluding carboxylic acids is 1. The number of hydrogen-bond donors (Lipinski definition) is 2. The summed E-state index contributed by atoms with van der Waals surface area (Å²) in [6.07, 6.45) is -2.53. The first-order chi connectivity index (χ1) is 9.88. The number of ether oxygens (including phenoxy) is 1. The van der Waals surface area contributed by atoms with Gasteiger partial charge in [-0.3, -0.25) is 4.79 Å². The number of halogens is 3. The third-order valence-corrected chi connectivity index (χ3v) is 5.32. The summed E-state index contributed by atoms with van der Waals surface area (Å²) >= 11 is 0.